The van der Waals surface area contributed by atoms with Crippen LogP contribution in [0.3, 0.4) is 0 Å². The number of amides is 1. The van der Waals surface area contributed by atoms with Crippen LogP contribution in [0, 0.1) is 5.82 Å². The van der Waals surface area contributed by atoms with Gasteiger partial charge in [0.1, 0.15) is 5.82 Å². The molecule has 4 nitrogen and oxygen atoms in total. The molecule has 4 rings (SSSR count). The quantitative estimate of drug-likeness (QED) is 0.620. The fourth-order valence-electron chi connectivity index (χ4n) is 4.82. The molecule has 0 unspecified atom stereocenters. The molecule has 2 aromatic rings. The first-order chi connectivity index (χ1) is 15.1. The van der Waals surface area contributed by atoms with E-state index in [0.29, 0.717) is 42.4 Å². The molecule has 0 bridgehead atoms. The van der Waals surface area contributed by atoms with Crippen LogP contribution in [0.5, 0.6) is 0 Å². The number of carbonyl (C=O) groups excluding carboxylic acids is 1. The summed E-state index contributed by atoms with van der Waals surface area (Å²) in [5, 5.41) is 0.318. The molecule has 6 heteroatoms. The third kappa shape index (κ3) is 5.65. The monoisotopic (exact) mass is 444 g/mol. The van der Waals surface area contributed by atoms with Gasteiger partial charge >= 0.3 is 0 Å². The van der Waals surface area contributed by atoms with Gasteiger partial charge in [-0.1, -0.05) is 48.0 Å². The van der Waals surface area contributed by atoms with E-state index >= 15 is 0 Å². The number of hydrogen-bond donors (Lipinski definition) is 0. The maximum atomic E-state index is 14.0. The van der Waals surface area contributed by atoms with E-state index in [1.165, 1.54) is 24.5 Å². The van der Waals surface area contributed by atoms with Crippen molar-refractivity contribution in [2.45, 2.75) is 50.8 Å². The lowest BCUT2D eigenvalue weighted by molar-refractivity contribution is -0.132. The number of likely N-dealkylation sites (tertiary alicyclic amines) is 2. The molecule has 1 amide bonds. The third-order valence-corrected chi connectivity index (χ3v) is 6.87. The summed E-state index contributed by atoms with van der Waals surface area (Å²) in [5.74, 6) is -0.458. The van der Waals surface area contributed by atoms with Gasteiger partial charge in [0.05, 0.1) is 19.6 Å². The number of piperidine rings is 1. The lowest BCUT2D eigenvalue weighted by Gasteiger charge is -2.39. The minimum absolute atomic E-state index is 0.0236. The van der Waals surface area contributed by atoms with Crippen molar-refractivity contribution in [1.82, 2.24) is 9.80 Å². The second kappa shape index (κ2) is 10.6. The Morgan fingerprint density at radius 3 is 2.55 bits per heavy atom. The molecule has 2 aliphatic heterocycles. The van der Waals surface area contributed by atoms with E-state index in [1.54, 1.807) is 12.1 Å². The summed E-state index contributed by atoms with van der Waals surface area (Å²) in [5.41, 5.74) is 1.50. The van der Waals surface area contributed by atoms with Gasteiger partial charge in [0.2, 0.25) is 5.91 Å². The largest absolute Gasteiger partial charge is 0.375 e. The highest BCUT2D eigenvalue weighted by molar-refractivity contribution is 6.31. The molecular weight excluding hydrogens is 415 g/mol. The van der Waals surface area contributed by atoms with Gasteiger partial charge in [-0.3, -0.25) is 9.69 Å². The van der Waals surface area contributed by atoms with Crippen LogP contribution in [-0.2, 0) is 22.6 Å². The van der Waals surface area contributed by atoms with E-state index in [-0.39, 0.29) is 12.3 Å². The topological polar surface area (TPSA) is 32.8 Å². The Bertz CT molecular complexity index is 851. The summed E-state index contributed by atoms with van der Waals surface area (Å²) in [6, 6.07) is 15.8. The van der Waals surface area contributed by atoms with E-state index in [9.17, 15) is 9.18 Å². The predicted molar refractivity (Wildman–Crippen MR) is 121 cm³/mol. The summed E-state index contributed by atoms with van der Waals surface area (Å²) in [4.78, 5) is 17.1. The van der Waals surface area contributed by atoms with Crippen molar-refractivity contribution in [2.75, 3.05) is 26.2 Å². The van der Waals surface area contributed by atoms with E-state index in [4.69, 9.17) is 16.3 Å². The minimum Gasteiger partial charge on any atom is -0.375 e. The SMILES string of the molecule is O=C(Cc1c(F)cccc1Cl)N1CCC(N2CCC[C@@H]2COCc2ccccc2)CC1. The number of carbonyl (C=O) groups is 1. The molecule has 31 heavy (non-hydrogen) atoms. The standard InChI is InChI=1S/C25H30ClFN2O2/c26-23-9-4-10-24(27)22(23)16-25(30)28-14-11-20(12-15-28)29-13-5-8-21(29)18-31-17-19-6-2-1-3-7-19/h1-4,6-7,9-10,20-21H,5,8,11-18H2/t21-/m1/s1. The summed E-state index contributed by atoms with van der Waals surface area (Å²) in [6.45, 7) is 3.92. The molecule has 2 saturated heterocycles. The molecule has 0 aliphatic carbocycles. The first kappa shape index (κ1) is 22.3. The van der Waals surface area contributed by atoms with Crippen molar-refractivity contribution in [3.05, 3.63) is 70.5 Å². The second-order valence-electron chi connectivity index (χ2n) is 8.52. The Balaban J connectivity index is 1.25. The molecule has 1 atom stereocenters. The van der Waals surface area contributed by atoms with Gasteiger partial charge in [-0.05, 0) is 49.9 Å². The summed E-state index contributed by atoms with van der Waals surface area (Å²) < 4.78 is 20.0. The van der Waals surface area contributed by atoms with Gasteiger partial charge in [-0.2, -0.15) is 0 Å². The summed E-state index contributed by atoms with van der Waals surface area (Å²) in [6.07, 6.45) is 4.29. The van der Waals surface area contributed by atoms with E-state index in [0.717, 1.165) is 26.0 Å². The zero-order valence-electron chi connectivity index (χ0n) is 17.8. The molecule has 2 aliphatic rings. The van der Waals surface area contributed by atoms with Crippen LogP contribution in [0.25, 0.3) is 0 Å². The van der Waals surface area contributed by atoms with Crippen molar-refractivity contribution >= 4 is 17.5 Å². The molecule has 2 aromatic carbocycles. The van der Waals surface area contributed by atoms with Crippen molar-refractivity contribution in [3.8, 4) is 0 Å². The Labute approximate surface area is 188 Å². The highest BCUT2D eigenvalue weighted by Gasteiger charge is 2.34. The van der Waals surface area contributed by atoms with Crippen molar-refractivity contribution < 1.29 is 13.9 Å². The summed E-state index contributed by atoms with van der Waals surface area (Å²) >= 11 is 6.09. The number of benzene rings is 2. The lowest BCUT2D eigenvalue weighted by Crippen LogP contribution is -2.49. The normalized spacial score (nSPS) is 20.3. The molecule has 166 valence electrons. The smallest absolute Gasteiger partial charge is 0.227 e. The molecular formula is C25H30ClFN2O2. The molecule has 0 spiro atoms. The maximum Gasteiger partial charge on any atom is 0.227 e. The predicted octanol–water partition coefficient (Wildman–Crippen LogP) is 4.69. The first-order valence-corrected chi connectivity index (χ1v) is 11.6. The van der Waals surface area contributed by atoms with Crippen molar-refractivity contribution in [1.29, 1.82) is 0 Å². The van der Waals surface area contributed by atoms with E-state index < -0.39 is 5.82 Å². The zero-order valence-corrected chi connectivity index (χ0v) is 18.6. The van der Waals surface area contributed by atoms with Crippen LogP contribution in [0.15, 0.2) is 48.5 Å². The number of halogens is 2. The van der Waals surface area contributed by atoms with Crippen LogP contribution >= 0.6 is 11.6 Å². The minimum atomic E-state index is -0.411. The molecule has 2 heterocycles. The Kier molecular flexibility index (Phi) is 7.59. The van der Waals surface area contributed by atoms with Crippen LogP contribution in [-0.4, -0.2) is 54.0 Å². The van der Waals surface area contributed by atoms with Crippen LogP contribution in [0.1, 0.15) is 36.8 Å². The zero-order chi connectivity index (χ0) is 21.6. The average Bonchev–Trinajstić information content (AvgIpc) is 3.26. The van der Waals surface area contributed by atoms with Crippen molar-refractivity contribution in [3.63, 3.8) is 0 Å². The number of rotatable bonds is 7. The fourth-order valence-corrected chi connectivity index (χ4v) is 5.05. The van der Waals surface area contributed by atoms with Crippen LogP contribution in [0.4, 0.5) is 4.39 Å². The Morgan fingerprint density at radius 1 is 1.03 bits per heavy atom. The second-order valence-corrected chi connectivity index (χ2v) is 8.93. The van der Waals surface area contributed by atoms with Gasteiger partial charge in [-0.25, -0.2) is 4.39 Å². The first-order valence-electron chi connectivity index (χ1n) is 11.2. The number of nitrogens with zero attached hydrogens (tertiary/aromatic N) is 2. The third-order valence-electron chi connectivity index (χ3n) is 6.52. The number of hydrogen-bond acceptors (Lipinski definition) is 3. The molecule has 2 fully saturated rings. The number of ether oxygens (including phenoxy) is 1. The molecule has 0 radical (unpaired) electrons. The average molecular weight is 445 g/mol. The molecule has 0 aromatic heterocycles. The maximum absolute atomic E-state index is 14.0. The van der Waals surface area contributed by atoms with Gasteiger partial charge < -0.3 is 9.64 Å². The summed E-state index contributed by atoms with van der Waals surface area (Å²) in [7, 11) is 0. The van der Waals surface area contributed by atoms with Crippen LogP contribution in [0.2, 0.25) is 5.02 Å². The fraction of sp³-hybridized carbons (Fsp3) is 0.480. The van der Waals surface area contributed by atoms with Crippen LogP contribution < -0.4 is 0 Å². The Hall–Kier alpha value is -1.95. The Morgan fingerprint density at radius 2 is 1.81 bits per heavy atom. The highest BCUT2D eigenvalue weighted by atomic mass is 35.5. The lowest BCUT2D eigenvalue weighted by atomic mass is 10.0. The highest BCUT2D eigenvalue weighted by Crippen LogP contribution is 2.27. The van der Waals surface area contributed by atoms with Gasteiger partial charge in [0.25, 0.3) is 0 Å². The van der Waals surface area contributed by atoms with Gasteiger partial charge in [0, 0.05) is 35.8 Å². The van der Waals surface area contributed by atoms with Gasteiger partial charge in [-0.15, -0.1) is 0 Å². The van der Waals surface area contributed by atoms with E-state index in [2.05, 4.69) is 17.0 Å². The molecule has 0 N–H and O–H groups in total. The molecule has 0 saturated carbocycles. The van der Waals surface area contributed by atoms with Gasteiger partial charge in [0.15, 0.2) is 0 Å². The van der Waals surface area contributed by atoms with E-state index in [1.807, 2.05) is 23.1 Å². The van der Waals surface area contributed by atoms with Crippen molar-refractivity contribution in [2.24, 2.45) is 0 Å².